The van der Waals surface area contributed by atoms with Gasteiger partial charge in [-0.3, -0.25) is 0 Å². The van der Waals surface area contributed by atoms with Gasteiger partial charge in [-0.25, -0.2) is 9.97 Å². The van der Waals surface area contributed by atoms with Crippen LogP contribution >= 0.6 is 11.6 Å². The van der Waals surface area contributed by atoms with Crippen molar-refractivity contribution in [2.45, 2.75) is 6.92 Å². The lowest BCUT2D eigenvalue weighted by atomic mass is 10.1. The van der Waals surface area contributed by atoms with Gasteiger partial charge in [0, 0.05) is 5.56 Å². The summed E-state index contributed by atoms with van der Waals surface area (Å²) in [6, 6.07) is 7.88. The van der Waals surface area contributed by atoms with E-state index in [2.05, 4.69) is 15.0 Å². The smallest absolute Gasteiger partial charge is 0.216 e. The van der Waals surface area contributed by atoms with Gasteiger partial charge >= 0.3 is 0 Å². The van der Waals surface area contributed by atoms with E-state index in [0.717, 1.165) is 11.1 Å². The minimum atomic E-state index is 0.221. The number of aryl methyl sites for hydroxylation is 1. The van der Waals surface area contributed by atoms with E-state index in [0.29, 0.717) is 5.82 Å². The predicted molar refractivity (Wildman–Crippen MR) is 55.0 cm³/mol. The Kier molecular flexibility index (Phi) is 2.41. The van der Waals surface area contributed by atoms with Crippen molar-refractivity contribution in [1.82, 2.24) is 15.0 Å². The van der Waals surface area contributed by atoms with E-state index in [9.17, 15) is 0 Å². The molecule has 1 aromatic heterocycles. The van der Waals surface area contributed by atoms with Crippen LogP contribution in [-0.2, 0) is 0 Å². The monoisotopic (exact) mass is 205 g/mol. The zero-order chi connectivity index (χ0) is 9.97. The molecule has 0 aliphatic rings. The fourth-order valence-electron chi connectivity index (χ4n) is 1.23. The van der Waals surface area contributed by atoms with E-state index in [-0.39, 0.29) is 5.28 Å². The van der Waals surface area contributed by atoms with Gasteiger partial charge < -0.3 is 0 Å². The molecular formula is C10H8ClN3. The van der Waals surface area contributed by atoms with Gasteiger partial charge in [0.25, 0.3) is 0 Å². The maximum absolute atomic E-state index is 5.68. The molecular weight excluding hydrogens is 198 g/mol. The van der Waals surface area contributed by atoms with Crippen molar-refractivity contribution in [2.75, 3.05) is 0 Å². The zero-order valence-corrected chi connectivity index (χ0v) is 8.36. The van der Waals surface area contributed by atoms with Crippen molar-refractivity contribution in [2.24, 2.45) is 0 Å². The first-order valence-corrected chi connectivity index (χ1v) is 4.56. The molecule has 0 spiro atoms. The first-order valence-electron chi connectivity index (χ1n) is 4.18. The van der Waals surface area contributed by atoms with Crippen molar-refractivity contribution in [1.29, 1.82) is 0 Å². The molecule has 0 saturated heterocycles. The van der Waals surface area contributed by atoms with Crippen LogP contribution in [0.5, 0.6) is 0 Å². The lowest BCUT2D eigenvalue weighted by Crippen LogP contribution is -1.92. The summed E-state index contributed by atoms with van der Waals surface area (Å²) in [7, 11) is 0. The highest BCUT2D eigenvalue weighted by Crippen LogP contribution is 2.18. The Morgan fingerprint density at radius 3 is 2.64 bits per heavy atom. The van der Waals surface area contributed by atoms with Crippen LogP contribution in [0.4, 0.5) is 0 Å². The molecule has 0 unspecified atom stereocenters. The summed E-state index contributed by atoms with van der Waals surface area (Å²) in [5.41, 5.74) is 2.10. The molecule has 70 valence electrons. The third-order valence-corrected chi connectivity index (χ3v) is 2.11. The number of hydrogen-bond donors (Lipinski definition) is 0. The molecule has 0 aliphatic heterocycles. The molecule has 2 rings (SSSR count). The Morgan fingerprint density at radius 1 is 1.14 bits per heavy atom. The third-order valence-electron chi connectivity index (χ3n) is 1.93. The summed E-state index contributed by atoms with van der Waals surface area (Å²) in [5.74, 6) is 0.614. The number of benzene rings is 1. The summed E-state index contributed by atoms with van der Waals surface area (Å²) in [5, 5.41) is 0.221. The minimum absolute atomic E-state index is 0.221. The Balaban J connectivity index is 2.55. The van der Waals surface area contributed by atoms with Crippen LogP contribution in [-0.4, -0.2) is 15.0 Å². The number of rotatable bonds is 1. The maximum atomic E-state index is 5.68. The fourth-order valence-corrected chi connectivity index (χ4v) is 1.35. The van der Waals surface area contributed by atoms with E-state index < -0.39 is 0 Å². The van der Waals surface area contributed by atoms with Crippen molar-refractivity contribution in [3.63, 3.8) is 0 Å². The molecule has 1 aromatic carbocycles. The summed E-state index contributed by atoms with van der Waals surface area (Å²) < 4.78 is 0. The summed E-state index contributed by atoms with van der Waals surface area (Å²) in [6.07, 6.45) is 1.41. The van der Waals surface area contributed by atoms with Crippen LogP contribution < -0.4 is 0 Å². The molecule has 0 aliphatic carbocycles. The number of aromatic nitrogens is 3. The van der Waals surface area contributed by atoms with Gasteiger partial charge in [0.2, 0.25) is 5.28 Å². The second kappa shape index (κ2) is 3.72. The molecule has 4 heteroatoms. The van der Waals surface area contributed by atoms with E-state index >= 15 is 0 Å². The summed E-state index contributed by atoms with van der Waals surface area (Å²) in [6.45, 7) is 2.01. The van der Waals surface area contributed by atoms with Crippen molar-refractivity contribution in [3.05, 3.63) is 41.4 Å². The van der Waals surface area contributed by atoms with Crippen LogP contribution in [0.3, 0.4) is 0 Å². The highest BCUT2D eigenvalue weighted by Gasteiger charge is 2.04. The van der Waals surface area contributed by atoms with Crippen molar-refractivity contribution < 1.29 is 0 Å². The zero-order valence-electron chi connectivity index (χ0n) is 7.61. The highest BCUT2D eigenvalue weighted by molar-refractivity contribution is 6.28. The quantitative estimate of drug-likeness (QED) is 0.718. The average Bonchev–Trinajstić information content (AvgIpc) is 2.18. The SMILES string of the molecule is Cc1ccccc1-c1ncnc(Cl)n1. The lowest BCUT2D eigenvalue weighted by Gasteiger charge is -2.02. The third kappa shape index (κ3) is 1.72. The number of halogens is 1. The van der Waals surface area contributed by atoms with Gasteiger partial charge in [-0.2, -0.15) is 4.98 Å². The molecule has 0 fully saturated rings. The van der Waals surface area contributed by atoms with Gasteiger partial charge in [-0.15, -0.1) is 0 Å². The minimum Gasteiger partial charge on any atom is -0.216 e. The van der Waals surface area contributed by atoms with Crippen LogP contribution in [0.15, 0.2) is 30.6 Å². The Hall–Kier alpha value is -1.48. The Morgan fingerprint density at radius 2 is 1.93 bits per heavy atom. The largest absolute Gasteiger partial charge is 0.225 e. The molecule has 0 N–H and O–H groups in total. The standard InChI is InChI=1S/C10H8ClN3/c1-7-4-2-3-5-8(7)9-12-6-13-10(11)14-9/h2-6H,1H3. The van der Waals surface area contributed by atoms with E-state index in [1.54, 1.807) is 0 Å². The van der Waals surface area contributed by atoms with E-state index in [1.807, 2.05) is 31.2 Å². The average molecular weight is 206 g/mol. The molecule has 0 saturated carbocycles. The Bertz CT molecular complexity index is 457. The highest BCUT2D eigenvalue weighted by atomic mass is 35.5. The maximum Gasteiger partial charge on any atom is 0.225 e. The molecule has 0 atom stereocenters. The summed E-state index contributed by atoms with van der Waals surface area (Å²) >= 11 is 5.68. The van der Waals surface area contributed by atoms with Gasteiger partial charge in [0.05, 0.1) is 0 Å². The molecule has 0 amide bonds. The second-order valence-corrected chi connectivity index (χ2v) is 3.23. The normalized spacial score (nSPS) is 10.1. The van der Waals surface area contributed by atoms with Crippen LogP contribution in [0.1, 0.15) is 5.56 Å². The first kappa shape index (κ1) is 9.09. The molecule has 1 heterocycles. The van der Waals surface area contributed by atoms with Crippen molar-refractivity contribution in [3.8, 4) is 11.4 Å². The van der Waals surface area contributed by atoms with Crippen LogP contribution in [0, 0.1) is 6.92 Å². The number of nitrogens with zero attached hydrogens (tertiary/aromatic N) is 3. The van der Waals surface area contributed by atoms with E-state index in [1.165, 1.54) is 6.33 Å². The molecule has 0 radical (unpaired) electrons. The first-order chi connectivity index (χ1) is 6.77. The lowest BCUT2D eigenvalue weighted by molar-refractivity contribution is 1.05. The molecule has 3 nitrogen and oxygen atoms in total. The van der Waals surface area contributed by atoms with Gasteiger partial charge in [-0.05, 0) is 24.1 Å². The van der Waals surface area contributed by atoms with Gasteiger partial charge in [-0.1, -0.05) is 24.3 Å². The molecule has 14 heavy (non-hydrogen) atoms. The number of hydrogen-bond acceptors (Lipinski definition) is 3. The second-order valence-electron chi connectivity index (χ2n) is 2.89. The van der Waals surface area contributed by atoms with Crippen LogP contribution in [0.25, 0.3) is 11.4 Å². The topological polar surface area (TPSA) is 38.7 Å². The Labute approximate surface area is 86.8 Å². The fraction of sp³-hybridized carbons (Fsp3) is 0.100. The molecule has 0 bridgehead atoms. The van der Waals surface area contributed by atoms with Gasteiger partial charge in [0.1, 0.15) is 6.33 Å². The van der Waals surface area contributed by atoms with Crippen LogP contribution in [0.2, 0.25) is 5.28 Å². The van der Waals surface area contributed by atoms with E-state index in [4.69, 9.17) is 11.6 Å². The molecule has 2 aromatic rings. The van der Waals surface area contributed by atoms with Crippen molar-refractivity contribution >= 4 is 11.6 Å². The summed E-state index contributed by atoms with van der Waals surface area (Å²) in [4.78, 5) is 11.8. The predicted octanol–water partition coefficient (Wildman–Crippen LogP) is 2.50. The van der Waals surface area contributed by atoms with Gasteiger partial charge in [0.15, 0.2) is 5.82 Å².